The van der Waals surface area contributed by atoms with Gasteiger partial charge in [-0.05, 0) is 12.5 Å². The third kappa shape index (κ3) is 2.46. The standard InChI is InChI=1S/C13H15FN2O/c1-2-3-7-16-9-10(8-15-16)11-5-4-6-12(17)13(11)14/h4-6,8-9,17H,2-3,7H2,1H3. The van der Waals surface area contributed by atoms with E-state index in [2.05, 4.69) is 12.0 Å². The fraction of sp³-hybridized carbons (Fsp3) is 0.308. The Kier molecular flexibility index (Phi) is 3.42. The van der Waals surface area contributed by atoms with Gasteiger partial charge in [-0.25, -0.2) is 4.39 Å². The molecule has 2 rings (SSSR count). The number of aromatic hydroxyl groups is 1. The van der Waals surface area contributed by atoms with Crippen LogP contribution in [0.2, 0.25) is 0 Å². The van der Waals surface area contributed by atoms with Crippen molar-refractivity contribution >= 4 is 0 Å². The zero-order valence-electron chi connectivity index (χ0n) is 9.73. The first-order chi connectivity index (χ1) is 8.22. The minimum Gasteiger partial charge on any atom is -0.505 e. The van der Waals surface area contributed by atoms with E-state index < -0.39 is 5.82 Å². The smallest absolute Gasteiger partial charge is 0.172 e. The molecule has 0 amide bonds. The molecule has 0 bridgehead atoms. The van der Waals surface area contributed by atoms with E-state index in [9.17, 15) is 9.50 Å². The first kappa shape index (κ1) is 11.6. The predicted molar refractivity (Wildman–Crippen MR) is 64.2 cm³/mol. The number of benzene rings is 1. The number of phenolic OH excluding ortho intramolecular Hbond substituents is 1. The van der Waals surface area contributed by atoms with Crippen molar-refractivity contribution in [2.24, 2.45) is 0 Å². The van der Waals surface area contributed by atoms with Crippen molar-refractivity contribution in [3.8, 4) is 16.9 Å². The van der Waals surface area contributed by atoms with Gasteiger partial charge in [0, 0.05) is 23.9 Å². The summed E-state index contributed by atoms with van der Waals surface area (Å²) < 4.78 is 15.5. The molecule has 0 unspecified atom stereocenters. The second-order valence-corrected chi connectivity index (χ2v) is 3.98. The average molecular weight is 234 g/mol. The zero-order valence-corrected chi connectivity index (χ0v) is 9.73. The summed E-state index contributed by atoms with van der Waals surface area (Å²) >= 11 is 0. The summed E-state index contributed by atoms with van der Waals surface area (Å²) in [6, 6.07) is 4.59. The van der Waals surface area contributed by atoms with Gasteiger partial charge >= 0.3 is 0 Å². The minimum absolute atomic E-state index is 0.330. The van der Waals surface area contributed by atoms with E-state index in [-0.39, 0.29) is 5.75 Å². The number of aryl methyl sites for hydroxylation is 1. The van der Waals surface area contributed by atoms with E-state index >= 15 is 0 Å². The van der Waals surface area contributed by atoms with E-state index in [1.54, 1.807) is 29.2 Å². The van der Waals surface area contributed by atoms with Crippen molar-refractivity contribution in [3.05, 3.63) is 36.4 Å². The Morgan fingerprint density at radius 1 is 1.41 bits per heavy atom. The molecular weight excluding hydrogens is 219 g/mol. The third-order valence-electron chi connectivity index (χ3n) is 2.66. The number of unbranched alkanes of at least 4 members (excludes halogenated alkanes) is 1. The van der Waals surface area contributed by atoms with Crippen molar-refractivity contribution < 1.29 is 9.50 Å². The molecule has 4 heteroatoms. The topological polar surface area (TPSA) is 38.0 Å². The highest BCUT2D eigenvalue weighted by Crippen LogP contribution is 2.27. The quantitative estimate of drug-likeness (QED) is 0.882. The highest BCUT2D eigenvalue weighted by atomic mass is 19.1. The Morgan fingerprint density at radius 3 is 3.00 bits per heavy atom. The van der Waals surface area contributed by atoms with Crippen molar-refractivity contribution in [3.63, 3.8) is 0 Å². The molecule has 0 atom stereocenters. The van der Waals surface area contributed by atoms with Crippen LogP contribution in [0.1, 0.15) is 19.8 Å². The first-order valence-corrected chi connectivity index (χ1v) is 5.72. The van der Waals surface area contributed by atoms with Crippen LogP contribution in [0.3, 0.4) is 0 Å². The number of halogens is 1. The fourth-order valence-corrected chi connectivity index (χ4v) is 1.69. The van der Waals surface area contributed by atoms with Gasteiger partial charge in [-0.1, -0.05) is 25.5 Å². The van der Waals surface area contributed by atoms with Crippen LogP contribution >= 0.6 is 0 Å². The molecule has 17 heavy (non-hydrogen) atoms. The minimum atomic E-state index is -0.595. The maximum atomic E-state index is 13.7. The normalized spacial score (nSPS) is 10.7. The third-order valence-corrected chi connectivity index (χ3v) is 2.66. The van der Waals surface area contributed by atoms with Crippen LogP contribution in [0.25, 0.3) is 11.1 Å². The van der Waals surface area contributed by atoms with E-state index in [1.807, 2.05) is 0 Å². The largest absolute Gasteiger partial charge is 0.505 e. The first-order valence-electron chi connectivity index (χ1n) is 5.72. The van der Waals surface area contributed by atoms with E-state index in [0.29, 0.717) is 11.1 Å². The number of phenols is 1. The Balaban J connectivity index is 2.27. The molecule has 3 nitrogen and oxygen atoms in total. The number of rotatable bonds is 4. The highest BCUT2D eigenvalue weighted by molar-refractivity contribution is 5.64. The molecule has 1 N–H and O–H groups in total. The summed E-state index contributed by atoms with van der Waals surface area (Å²) in [7, 11) is 0. The summed E-state index contributed by atoms with van der Waals surface area (Å²) in [4.78, 5) is 0. The molecule has 0 fully saturated rings. The van der Waals surface area contributed by atoms with Crippen LogP contribution in [-0.2, 0) is 6.54 Å². The van der Waals surface area contributed by atoms with E-state index in [1.165, 1.54) is 6.07 Å². The van der Waals surface area contributed by atoms with Gasteiger partial charge in [-0.15, -0.1) is 0 Å². The zero-order chi connectivity index (χ0) is 12.3. The van der Waals surface area contributed by atoms with Crippen LogP contribution in [0.15, 0.2) is 30.6 Å². The Morgan fingerprint density at radius 2 is 2.24 bits per heavy atom. The molecule has 0 aliphatic rings. The molecule has 0 spiro atoms. The molecule has 90 valence electrons. The molecule has 0 saturated heterocycles. The molecule has 2 aromatic rings. The molecule has 0 radical (unpaired) electrons. The molecule has 1 aromatic heterocycles. The SMILES string of the molecule is CCCCn1cc(-c2cccc(O)c2F)cn1. The van der Waals surface area contributed by atoms with Crippen LogP contribution in [0.4, 0.5) is 4.39 Å². The van der Waals surface area contributed by atoms with Crippen molar-refractivity contribution in [2.45, 2.75) is 26.3 Å². The lowest BCUT2D eigenvalue weighted by molar-refractivity contribution is 0.433. The van der Waals surface area contributed by atoms with Gasteiger partial charge in [0.05, 0.1) is 6.20 Å². The van der Waals surface area contributed by atoms with Gasteiger partial charge < -0.3 is 5.11 Å². The molecule has 0 aliphatic carbocycles. The summed E-state index contributed by atoms with van der Waals surface area (Å²) in [5.41, 5.74) is 1.07. The maximum absolute atomic E-state index is 13.7. The number of nitrogens with zero attached hydrogens (tertiary/aromatic N) is 2. The second-order valence-electron chi connectivity index (χ2n) is 3.98. The van der Waals surface area contributed by atoms with Crippen LogP contribution in [0, 0.1) is 5.82 Å². The van der Waals surface area contributed by atoms with E-state index in [0.717, 1.165) is 19.4 Å². The average Bonchev–Trinajstić information content (AvgIpc) is 2.78. The number of aromatic nitrogens is 2. The molecule has 1 heterocycles. The maximum Gasteiger partial charge on any atom is 0.172 e. The Bertz CT molecular complexity index is 508. The Hall–Kier alpha value is -1.84. The second kappa shape index (κ2) is 4.99. The van der Waals surface area contributed by atoms with Crippen molar-refractivity contribution in [1.29, 1.82) is 0 Å². The Labute approximate surface area is 99.5 Å². The molecule has 1 aromatic carbocycles. The van der Waals surface area contributed by atoms with Gasteiger partial charge in [0.25, 0.3) is 0 Å². The lowest BCUT2D eigenvalue weighted by Gasteiger charge is -2.01. The summed E-state index contributed by atoms with van der Waals surface area (Å²) in [5, 5.41) is 13.5. The lowest BCUT2D eigenvalue weighted by Crippen LogP contribution is -1.96. The van der Waals surface area contributed by atoms with Crippen LogP contribution in [0.5, 0.6) is 5.75 Å². The molecule has 0 aliphatic heterocycles. The van der Waals surface area contributed by atoms with Gasteiger partial charge in [-0.2, -0.15) is 5.10 Å². The molecule has 0 saturated carbocycles. The fourth-order valence-electron chi connectivity index (χ4n) is 1.69. The lowest BCUT2D eigenvalue weighted by atomic mass is 10.1. The van der Waals surface area contributed by atoms with Crippen molar-refractivity contribution in [2.75, 3.05) is 0 Å². The number of hydrogen-bond donors (Lipinski definition) is 1. The van der Waals surface area contributed by atoms with Crippen molar-refractivity contribution in [1.82, 2.24) is 9.78 Å². The van der Waals surface area contributed by atoms with Crippen LogP contribution < -0.4 is 0 Å². The number of hydrogen-bond acceptors (Lipinski definition) is 2. The summed E-state index contributed by atoms with van der Waals surface area (Å²) in [5.74, 6) is -0.925. The van der Waals surface area contributed by atoms with Gasteiger partial charge in [0.15, 0.2) is 11.6 Å². The van der Waals surface area contributed by atoms with E-state index in [4.69, 9.17) is 0 Å². The van der Waals surface area contributed by atoms with Gasteiger partial charge in [0.2, 0.25) is 0 Å². The monoisotopic (exact) mass is 234 g/mol. The molecular formula is C13H15FN2O. The van der Waals surface area contributed by atoms with Crippen LogP contribution in [-0.4, -0.2) is 14.9 Å². The summed E-state index contributed by atoms with van der Waals surface area (Å²) in [6.07, 6.45) is 5.56. The highest BCUT2D eigenvalue weighted by Gasteiger charge is 2.10. The predicted octanol–water partition coefficient (Wildman–Crippen LogP) is 3.19. The van der Waals surface area contributed by atoms with Gasteiger partial charge in [-0.3, -0.25) is 4.68 Å². The summed E-state index contributed by atoms with van der Waals surface area (Å²) in [6.45, 7) is 2.94. The van der Waals surface area contributed by atoms with Gasteiger partial charge in [0.1, 0.15) is 0 Å².